The van der Waals surface area contributed by atoms with Crippen LogP contribution in [-0.2, 0) is 22.7 Å². The Hall–Kier alpha value is -4.70. The van der Waals surface area contributed by atoms with Gasteiger partial charge in [0.05, 0.1) is 13.2 Å². The zero-order chi connectivity index (χ0) is 26.4. The van der Waals surface area contributed by atoms with Gasteiger partial charge < -0.3 is 9.47 Å². The summed E-state index contributed by atoms with van der Waals surface area (Å²) in [5.41, 5.74) is 2.64. The standard InChI is InChI=1S/C30H25FN2O4/c1-3-36-28-16-23(11-14-27(28)37-19-22-7-5-4-6-8-22)15-25-20(2)26(17-32)30(35)33(29(25)34)18-21-9-12-24(31)13-10-21/h4-16H,3,18-19H2,1-2H3/b25-15+. The molecule has 2 amide bonds. The first kappa shape index (κ1) is 25.4. The first-order chi connectivity index (χ1) is 17.9. The van der Waals surface area contributed by atoms with Crippen molar-refractivity contribution in [2.24, 2.45) is 0 Å². The van der Waals surface area contributed by atoms with E-state index in [9.17, 15) is 19.2 Å². The van der Waals surface area contributed by atoms with Gasteiger partial charge in [-0.05, 0) is 66.5 Å². The minimum atomic E-state index is -0.675. The van der Waals surface area contributed by atoms with Gasteiger partial charge in [0.1, 0.15) is 24.1 Å². The number of carbonyl (C=O) groups excluding carboxylic acids is 2. The van der Waals surface area contributed by atoms with Gasteiger partial charge in [0.15, 0.2) is 11.5 Å². The summed E-state index contributed by atoms with van der Waals surface area (Å²) in [5.74, 6) is -0.562. The van der Waals surface area contributed by atoms with Gasteiger partial charge in [0.25, 0.3) is 11.8 Å². The van der Waals surface area contributed by atoms with Gasteiger partial charge in [-0.3, -0.25) is 14.5 Å². The Kier molecular flexibility index (Phi) is 7.80. The Morgan fingerprint density at radius 2 is 1.65 bits per heavy atom. The molecule has 6 nitrogen and oxygen atoms in total. The zero-order valence-corrected chi connectivity index (χ0v) is 20.5. The van der Waals surface area contributed by atoms with Crippen molar-refractivity contribution in [2.75, 3.05) is 6.61 Å². The van der Waals surface area contributed by atoms with E-state index in [2.05, 4.69) is 0 Å². The van der Waals surface area contributed by atoms with Crippen LogP contribution in [-0.4, -0.2) is 23.3 Å². The van der Waals surface area contributed by atoms with Gasteiger partial charge in [-0.2, -0.15) is 5.26 Å². The van der Waals surface area contributed by atoms with Crippen molar-refractivity contribution in [3.05, 3.63) is 112 Å². The maximum atomic E-state index is 13.4. The van der Waals surface area contributed by atoms with Crippen LogP contribution in [0.1, 0.15) is 30.5 Å². The first-order valence-corrected chi connectivity index (χ1v) is 11.8. The molecule has 3 aromatic carbocycles. The average molecular weight is 497 g/mol. The lowest BCUT2D eigenvalue weighted by Gasteiger charge is -2.27. The fourth-order valence-electron chi connectivity index (χ4n) is 3.95. The van der Waals surface area contributed by atoms with E-state index in [0.717, 1.165) is 10.5 Å². The van der Waals surface area contributed by atoms with Crippen LogP contribution in [0.25, 0.3) is 6.08 Å². The van der Waals surface area contributed by atoms with E-state index < -0.39 is 17.6 Å². The summed E-state index contributed by atoms with van der Waals surface area (Å²) >= 11 is 0. The first-order valence-electron chi connectivity index (χ1n) is 11.8. The number of imide groups is 1. The molecule has 0 atom stereocenters. The highest BCUT2D eigenvalue weighted by atomic mass is 19.1. The minimum absolute atomic E-state index is 0.0792. The number of benzene rings is 3. The van der Waals surface area contributed by atoms with E-state index in [1.807, 2.05) is 43.3 Å². The van der Waals surface area contributed by atoms with Crippen LogP contribution in [0.5, 0.6) is 11.5 Å². The molecule has 0 N–H and O–H groups in total. The number of carbonyl (C=O) groups is 2. The Bertz CT molecular complexity index is 1420. The van der Waals surface area contributed by atoms with Crippen molar-refractivity contribution >= 4 is 17.9 Å². The quantitative estimate of drug-likeness (QED) is 0.300. The smallest absolute Gasteiger partial charge is 0.271 e. The third-order valence-corrected chi connectivity index (χ3v) is 5.90. The number of amides is 2. The lowest BCUT2D eigenvalue weighted by molar-refractivity contribution is -0.141. The zero-order valence-electron chi connectivity index (χ0n) is 20.5. The van der Waals surface area contributed by atoms with Crippen molar-refractivity contribution in [3.63, 3.8) is 0 Å². The monoisotopic (exact) mass is 496 g/mol. The fraction of sp³-hybridized carbons (Fsp3) is 0.167. The average Bonchev–Trinajstić information content (AvgIpc) is 2.91. The molecule has 0 bridgehead atoms. The van der Waals surface area contributed by atoms with E-state index >= 15 is 0 Å². The summed E-state index contributed by atoms with van der Waals surface area (Å²) in [5, 5.41) is 9.65. The molecule has 0 aliphatic carbocycles. The number of nitrogens with zero attached hydrogens (tertiary/aromatic N) is 2. The Balaban J connectivity index is 1.65. The van der Waals surface area contributed by atoms with Crippen LogP contribution in [0.4, 0.5) is 4.39 Å². The second-order valence-corrected chi connectivity index (χ2v) is 8.41. The fourth-order valence-corrected chi connectivity index (χ4v) is 3.95. The topological polar surface area (TPSA) is 79.6 Å². The number of nitriles is 1. The molecule has 1 heterocycles. The van der Waals surface area contributed by atoms with Gasteiger partial charge in [-0.25, -0.2) is 4.39 Å². The second kappa shape index (κ2) is 11.4. The van der Waals surface area contributed by atoms with Crippen molar-refractivity contribution < 1.29 is 23.5 Å². The summed E-state index contributed by atoms with van der Waals surface area (Å²) in [6.45, 7) is 4.15. The lowest BCUT2D eigenvalue weighted by Crippen LogP contribution is -2.42. The number of hydrogen-bond acceptors (Lipinski definition) is 5. The molecule has 0 spiro atoms. The number of halogens is 1. The number of rotatable bonds is 8. The van der Waals surface area contributed by atoms with Crippen molar-refractivity contribution in [3.8, 4) is 17.6 Å². The molecule has 37 heavy (non-hydrogen) atoms. The summed E-state index contributed by atoms with van der Waals surface area (Å²) < 4.78 is 25.1. The van der Waals surface area contributed by atoms with Gasteiger partial charge >= 0.3 is 0 Å². The Morgan fingerprint density at radius 1 is 0.919 bits per heavy atom. The molecule has 7 heteroatoms. The van der Waals surface area contributed by atoms with E-state index in [1.165, 1.54) is 24.3 Å². The molecule has 186 valence electrons. The summed E-state index contributed by atoms with van der Waals surface area (Å²) in [6.07, 6.45) is 1.63. The largest absolute Gasteiger partial charge is 0.490 e. The van der Waals surface area contributed by atoms with Gasteiger partial charge in [0, 0.05) is 5.57 Å². The van der Waals surface area contributed by atoms with Crippen molar-refractivity contribution in [2.45, 2.75) is 27.0 Å². The van der Waals surface area contributed by atoms with E-state index in [4.69, 9.17) is 9.47 Å². The Morgan fingerprint density at radius 3 is 2.32 bits per heavy atom. The second-order valence-electron chi connectivity index (χ2n) is 8.41. The molecule has 3 aromatic rings. The normalized spacial score (nSPS) is 14.6. The highest BCUT2D eigenvalue weighted by Crippen LogP contribution is 2.33. The summed E-state index contributed by atoms with van der Waals surface area (Å²) in [6, 6.07) is 22.5. The molecule has 0 fully saturated rings. The Labute approximate surface area is 214 Å². The predicted octanol–water partition coefficient (Wildman–Crippen LogP) is 5.60. The van der Waals surface area contributed by atoms with Crippen LogP contribution < -0.4 is 9.47 Å². The third kappa shape index (κ3) is 5.76. The molecular formula is C30H25FN2O4. The highest BCUT2D eigenvalue weighted by Gasteiger charge is 2.35. The van der Waals surface area contributed by atoms with Gasteiger partial charge in [-0.15, -0.1) is 0 Å². The van der Waals surface area contributed by atoms with Crippen LogP contribution in [0.2, 0.25) is 0 Å². The van der Waals surface area contributed by atoms with Gasteiger partial charge in [0.2, 0.25) is 0 Å². The summed E-state index contributed by atoms with van der Waals surface area (Å²) in [7, 11) is 0. The van der Waals surface area contributed by atoms with E-state index in [1.54, 1.807) is 31.2 Å². The van der Waals surface area contributed by atoms with Crippen molar-refractivity contribution in [1.82, 2.24) is 4.90 Å². The lowest BCUT2D eigenvalue weighted by atomic mass is 9.93. The highest BCUT2D eigenvalue weighted by molar-refractivity contribution is 6.19. The molecular weight excluding hydrogens is 471 g/mol. The molecule has 1 aliphatic heterocycles. The van der Waals surface area contributed by atoms with Crippen LogP contribution >= 0.6 is 0 Å². The molecule has 0 saturated heterocycles. The van der Waals surface area contributed by atoms with Crippen LogP contribution in [0, 0.1) is 17.1 Å². The summed E-state index contributed by atoms with van der Waals surface area (Å²) in [4.78, 5) is 27.3. The molecule has 0 radical (unpaired) electrons. The van der Waals surface area contributed by atoms with Crippen molar-refractivity contribution in [1.29, 1.82) is 5.26 Å². The maximum Gasteiger partial charge on any atom is 0.271 e. The van der Waals surface area contributed by atoms with E-state index in [-0.39, 0.29) is 17.7 Å². The third-order valence-electron chi connectivity index (χ3n) is 5.90. The number of hydrogen-bond donors (Lipinski definition) is 0. The SMILES string of the molecule is CCOc1cc(/C=C2/C(=O)N(Cc3ccc(F)cc3)C(=O)C(C#N)=C2C)ccc1OCc1ccccc1. The maximum absolute atomic E-state index is 13.4. The molecule has 0 saturated carbocycles. The molecule has 1 aliphatic rings. The van der Waals surface area contributed by atoms with Gasteiger partial charge in [-0.1, -0.05) is 48.5 Å². The van der Waals surface area contributed by atoms with Crippen LogP contribution in [0.3, 0.4) is 0 Å². The van der Waals surface area contributed by atoms with E-state index in [0.29, 0.717) is 41.4 Å². The number of ether oxygens (including phenoxy) is 2. The molecule has 4 rings (SSSR count). The molecule has 0 unspecified atom stereocenters. The molecule has 0 aromatic heterocycles. The van der Waals surface area contributed by atoms with Crippen LogP contribution in [0.15, 0.2) is 89.5 Å². The predicted molar refractivity (Wildman–Crippen MR) is 137 cm³/mol. The minimum Gasteiger partial charge on any atom is -0.490 e.